The Morgan fingerprint density at radius 3 is 2.54 bits per heavy atom. The molecule has 0 unspecified atom stereocenters. The minimum Gasteiger partial charge on any atom is -0.209 e. The van der Waals surface area contributed by atoms with E-state index in [-0.39, 0.29) is 0 Å². The molecule has 0 aliphatic heterocycles. The van der Waals surface area contributed by atoms with Gasteiger partial charge in [-0.05, 0) is 12.0 Å². The lowest BCUT2D eigenvalue weighted by molar-refractivity contribution is -0.133. The number of hydrogen-bond donors (Lipinski definition) is 0. The van der Waals surface area contributed by atoms with Crippen LogP contribution in [0.25, 0.3) is 0 Å². The molecular formula is C9H14F2N2. The van der Waals surface area contributed by atoms with Crippen LogP contribution >= 0.6 is 0 Å². The highest BCUT2D eigenvalue weighted by molar-refractivity contribution is 5.03. The van der Waals surface area contributed by atoms with E-state index in [0.29, 0.717) is 0 Å². The minimum absolute atomic E-state index is 0.730. The summed E-state index contributed by atoms with van der Waals surface area (Å²) in [4.78, 5) is 0. The summed E-state index contributed by atoms with van der Waals surface area (Å²) in [6.45, 7) is 4.87. The third kappa shape index (κ3) is 1.87. The third-order valence-corrected chi connectivity index (χ3v) is 2.04. The molecule has 13 heavy (non-hydrogen) atoms. The molecule has 2 nitrogen and oxygen atoms in total. The van der Waals surface area contributed by atoms with E-state index in [0.717, 1.165) is 16.7 Å². The van der Waals surface area contributed by atoms with Crippen LogP contribution in [0, 0.1) is 5.92 Å². The number of halogens is 2. The molecule has 0 spiro atoms. The summed E-state index contributed by atoms with van der Waals surface area (Å²) >= 11 is 0. The fraction of sp³-hybridized carbons (Fsp3) is 0.667. The normalized spacial score (nSPS) is 12.5. The minimum atomic E-state index is -2.88. The maximum atomic E-state index is 13.3. The van der Waals surface area contributed by atoms with Crippen molar-refractivity contribution in [1.29, 1.82) is 0 Å². The second-order valence-corrected chi connectivity index (χ2v) is 3.39. The van der Waals surface area contributed by atoms with E-state index >= 15 is 0 Å². The van der Waals surface area contributed by atoms with Crippen molar-refractivity contribution in [3.8, 4) is 0 Å². The molecule has 0 aliphatic rings. The van der Waals surface area contributed by atoms with Crippen LogP contribution in [0.5, 0.6) is 0 Å². The maximum absolute atomic E-state index is 13.3. The van der Waals surface area contributed by atoms with E-state index < -0.39 is 12.0 Å². The molecule has 0 radical (unpaired) electrons. The van der Waals surface area contributed by atoms with E-state index in [1.54, 1.807) is 0 Å². The number of aromatic nitrogens is 2. The molecule has 0 aliphatic carbocycles. The van der Waals surface area contributed by atoms with Crippen molar-refractivity contribution in [2.24, 2.45) is 5.92 Å². The first-order valence-corrected chi connectivity index (χ1v) is 4.40. The zero-order chi connectivity index (χ0) is 10.1. The number of alkyl halides is 2. The Morgan fingerprint density at radius 1 is 1.54 bits per heavy atom. The Bertz CT molecular complexity index is 279. The van der Waals surface area contributed by atoms with E-state index in [4.69, 9.17) is 0 Å². The highest BCUT2D eigenvalue weighted by atomic mass is 19.3. The number of nitrogens with zero attached hydrogens (tertiary/aromatic N) is 2. The summed E-state index contributed by atoms with van der Waals surface area (Å²) in [5, 5.41) is 3.65. The average Bonchev–Trinajstić information content (AvgIpc) is 2.51. The molecule has 0 saturated carbocycles. The van der Waals surface area contributed by atoms with Crippen molar-refractivity contribution in [3.63, 3.8) is 0 Å². The number of aryl methyl sites for hydroxylation is 1. The maximum Gasteiger partial charge on any atom is 0.345 e. The Hall–Kier alpha value is -0.930. The Labute approximate surface area is 76.6 Å². The van der Waals surface area contributed by atoms with E-state index in [2.05, 4.69) is 5.10 Å². The van der Waals surface area contributed by atoms with E-state index in [1.807, 2.05) is 6.92 Å². The van der Waals surface area contributed by atoms with Crippen LogP contribution in [0.4, 0.5) is 8.78 Å². The summed E-state index contributed by atoms with van der Waals surface area (Å²) < 4.78 is 27.4. The third-order valence-electron chi connectivity index (χ3n) is 2.04. The highest BCUT2D eigenvalue weighted by Gasteiger charge is 2.36. The van der Waals surface area contributed by atoms with Crippen LogP contribution in [0.3, 0.4) is 0 Å². The second kappa shape index (κ2) is 3.44. The van der Waals surface area contributed by atoms with Gasteiger partial charge in [-0.3, -0.25) is 0 Å². The molecule has 0 N–H and O–H groups in total. The molecular weight excluding hydrogens is 174 g/mol. The lowest BCUT2D eigenvalue weighted by atomic mass is 10.2. The predicted octanol–water partition coefficient (Wildman–Crippen LogP) is 2.65. The van der Waals surface area contributed by atoms with Gasteiger partial charge in [-0.1, -0.05) is 20.8 Å². The van der Waals surface area contributed by atoms with Gasteiger partial charge in [0.2, 0.25) is 0 Å². The zero-order valence-corrected chi connectivity index (χ0v) is 8.09. The lowest BCUT2D eigenvalue weighted by Crippen LogP contribution is -2.29. The van der Waals surface area contributed by atoms with E-state index in [9.17, 15) is 8.78 Å². The standard InChI is InChI=1S/C9H14F2N2/c1-4-8-5-12-13(6-8)9(10,11)7(2)3/h5-7H,4H2,1-3H3. The topological polar surface area (TPSA) is 17.8 Å². The smallest absolute Gasteiger partial charge is 0.209 e. The molecule has 0 amide bonds. The Morgan fingerprint density at radius 2 is 2.15 bits per heavy atom. The fourth-order valence-corrected chi connectivity index (χ4v) is 0.970. The molecule has 1 aromatic rings. The molecule has 0 saturated heterocycles. The van der Waals surface area contributed by atoms with Gasteiger partial charge in [0, 0.05) is 12.1 Å². The van der Waals surface area contributed by atoms with Gasteiger partial charge >= 0.3 is 6.05 Å². The van der Waals surface area contributed by atoms with Crippen LogP contribution in [0.1, 0.15) is 26.3 Å². The van der Waals surface area contributed by atoms with Gasteiger partial charge in [-0.15, -0.1) is 0 Å². The van der Waals surface area contributed by atoms with Crippen molar-refractivity contribution in [1.82, 2.24) is 9.78 Å². The van der Waals surface area contributed by atoms with Gasteiger partial charge in [-0.2, -0.15) is 13.9 Å². The van der Waals surface area contributed by atoms with Gasteiger partial charge in [-0.25, -0.2) is 4.68 Å². The zero-order valence-electron chi connectivity index (χ0n) is 8.09. The van der Waals surface area contributed by atoms with Crippen molar-refractivity contribution >= 4 is 0 Å². The van der Waals surface area contributed by atoms with Gasteiger partial charge < -0.3 is 0 Å². The molecule has 1 heterocycles. The van der Waals surface area contributed by atoms with Gasteiger partial charge in [0.15, 0.2) is 0 Å². The average molecular weight is 188 g/mol. The molecule has 0 aromatic carbocycles. The number of hydrogen-bond acceptors (Lipinski definition) is 1. The quantitative estimate of drug-likeness (QED) is 0.713. The first-order valence-electron chi connectivity index (χ1n) is 4.40. The fourth-order valence-electron chi connectivity index (χ4n) is 0.970. The summed E-state index contributed by atoms with van der Waals surface area (Å²) in [7, 11) is 0. The van der Waals surface area contributed by atoms with Crippen molar-refractivity contribution in [2.45, 2.75) is 33.2 Å². The summed E-state index contributed by atoms with van der Waals surface area (Å²) in [6, 6.07) is -2.88. The second-order valence-electron chi connectivity index (χ2n) is 3.39. The predicted molar refractivity (Wildman–Crippen MR) is 46.6 cm³/mol. The first kappa shape index (κ1) is 10.2. The van der Waals surface area contributed by atoms with Crippen molar-refractivity contribution < 1.29 is 8.78 Å². The lowest BCUT2D eigenvalue weighted by Gasteiger charge is -2.20. The highest BCUT2D eigenvalue weighted by Crippen LogP contribution is 2.29. The number of rotatable bonds is 3. The van der Waals surface area contributed by atoms with Crippen LogP contribution < -0.4 is 0 Å². The largest absolute Gasteiger partial charge is 0.345 e. The van der Waals surface area contributed by atoms with Gasteiger partial charge in [0.1, 0.15) is 0 Å². The molecule has 4 heteroatoms. The molecule has 1 aromatic heterocycles. The van der Waals surface area contributed by atoms with Crippen LogP contribution in [-0.4, -0.2) is 9.78 Å². The molecule has 1 rings (SSSR count). The van der Waals surface area contributed by atoms with E-state index in [1.165, 1.54) is 26.2 Å². The van der Waals surface area contributed by atoms with Crippen molar-refractivity contribution in [3.05, 3.63) is 18.0 Å². The Kier molecular flexibility index (Phi) is 2.68. The molecule has 0 fully saturated rings. The summed E-state index contributed by atoms with van der Waals surface area (Å²) in [6.07, 6.45) is 3.62. The monoisotopic (exact) mass is 188 g/mol. The summed E-state index contributed by atoms with van der Waals surface area (Å²) in [5.74, 6) is -0.739. The van der Waals surface area contributed by atoms with Crippen molar-refractivity contribution in [2.75, 3.05) is 0 Å². The van der Waals surface area contributed by atoms with Gasteiger partial charge in [0.05, 0.1) is 6.20 Å². The SMILES string of the molecule is CCc1cnn(C(F)(F)C(C)C)c1. The van der Waals surface area contributed by atoms with Crippen LogP contribution in [0.15, 0.2) is 12.4 Å². The first-order chi connectivity index (χ1) is 5.98. The van der Waals surface area contributed by atoms with Gasteiger partial charge in [0.25, 0.3) is 0 Å². The molecule has 0 atom stereocenters. The molecule has 0 bridgehead atoms. The summed E-state index contributed by atoms with van der Waals surface area (Å²) in [5.41, 5.74) is 0.834. The van der Waals surface area contributed by atoms with Crippen LogP contribution in [0.2, 0.25) is 0 Å². The Balaban J connectivity index is 2.93. The molecule has 74 valence electrons. The van der Waals surface area contributed by atoms with Crippen LogP contribution in [-0.2, 0) is 12.5 Å².